The van der Waals surface area contributed by atoms with Gasteiger partial charge in [0.1, 0.15) is 5.75 Å². The Morgan fingerprint density at radius 2 is 2.00 bits per heavy atom. The summed E-state index contributed by atoms with van der Waals surface area (Å²) in [5, 5.41) is 0. The van der Waals surface area contributed by atoms with E-state index in [4.69, 9.17) is 9.47 Å². The van der Waals surface area contributed by atoms with Gasteiger partial charge in [-0.1, -0.05) is 12.1 Å². The zero-order valence-corrected chi connectivity index (χ0v) is 17.5. The average Bonchev–Trinajstić information content (AvgIpc) is 3.26. The van der Waals surface area contributed by atoms with Crippen LogP contribution in [-0.4, -0.2) is 67.3 Å². The highest BCUT2D eigenvalue weighted by Crippen LogP contribution is 2.45. The van der Waals surface area contributed by atoms with E-state index in [2.05, 4.69) is 33.0 Å². The van der Waals surface area contributed by atoms with Crippen molar-refractivity contribution in [1.82, 2.24) is 14.8 Å². The minimum absolute atomic E-state index is 0.0466. The van der Waals surface area contributed by atoms with Gasteiger partial charge in [-0.05, 0) is 54.6 Å². The van der Waals surface area contributed by atoms with Crippen molar-refractivity contribution < 1.29 is 9.47 Å². The number of pyridine rings is 1. The van der Waals surface area contributed by atoms with E-state index in [1.807, 2.05) is 12.3 Å². The van der Waals surface area contributed by atoms with Gasteiger partial charge in [0.05, 0.1) is 19.8 Å². The highest BCUT2D eigenvalue weighted by atomic mass is 16.5. The highest BCUT2D eigenvalue weighted by Gasteiger charge is 2.36. The molecule has 5 rings (SSSR count). The molecule has 2 fully saturated rings. The standard InChI is InChI=1S/C24H31N3O3/c28-24-7-4-18(16-25-24)22-17-27-9-1-3-23(27)21-15-19(5-6-20(21)22)30-12-2-8-26-10-13-29-14-11-26/h4-7,15-16,22-23H,1-3,8-14,17H2,(H,25,28)/t22-,23-/m0/s1. The summed E-state index contributed by atoms with van der Waals surface area (Å²) in [7, 11) is 0. The number of nitrogens with zero attached hydrogens (tertiary/aromatic N) is 2. The van der Waals surface area contributed by atoms with E-state index in [1.165, 1.54) is 29.5 Å². The van der Waals surface area contributed by atoms with Crippen LogP contribution in [0.3, 0.4) is 0 Å². The zero-order valence-electron chi connectivity index (χ0n) is 17.5. The number of hydrogen-bond donors (Lipinski definition) is 1. The third-order valence-corrected chi connectivity index (χ3v) is 6.78. The van der Waals surface area contributed by atoms with E-state index < -0.39 is 0 Å². The lowest BCUT2D eigenvalue weighted by Gasteiger charge is -2.37. The predicted molar refractivity (Wildman–Crippen MR) is 116 cm³/mol. The van der Waals surface area contributed by atoms with Crippen molar-refractivity contribution in [3.05, 3.63) is 63.6 Å². The minimum Gasteiger partial charge on any atom is -0.494 e. The van der Waals surface area contributed by atoms with E-state index >= 15 is 0 Å². The fourth-order valence-electron chi connectivity index (χ4n) is 5.21. The number of rotatable bonds is 6. The molecular weight excluding hydrogens is 378 g/mol. The molecule has 2 saturated heterocycles. The van der Waals surface area contributed by atoms with Crippen molar-refractivity contribution >= 4 is 0 Å². The van der Waals surface area contributed by atoms with Crippen molar-refractivity contribution in [2.24, 2.45) is 0 Å². The molecule has 6 heteroatoms. The number of hydrogen-bond acceptors (Lipinski definition) is 5. The Hall–Kier alpha value is -2.15. The Labute approximate surface area is 177 Å². The Morgan fingerprint density at radius 1 is 1.10 bits per heavy atom. The molecule has 1 aromatic heterocycles. The predicted octanol–water partition coefficient (Wildman–Crippen LogP) is 2.76. The average molecular weight is 410 g/mol. The lowest BCUT2D eigenvalue weighted by molar-refractivity contribution is 0.0358. The molecule has 160 valence electrons. The van der Waals surface area contributed by atoms with Crippen LogP contribution in [0.25, 0.3) is 0 Å². The summed E-state index contributed by atoms with van der Waals surface area (Å²) in [6.45, 7) is 7.73. The van der Waals surface area contributed by atoms with Crippen LogP contribution in [0.2, 0.25) is 0 Å². The van der Waals surface area contributed by atoms with Gasteiger partial charge in [-0.25, -0.2) is 0 Å². The van der Waals surface area contributed by atoms with Gasteiger partial charge in [-0.3, -0.25) is 14.6 Å². The molecule has 2 aromatic rings. The van der Waals surface area contributed by atoms with Crippen LogP contribution in [0.1, 0.15) is 47.9 Å². The van der Waals surface area contributed by atoms with Gasteiger partial charge in [0.15, 0.2) is 0 Å². The van der Waals surface area contributed by atoms with E-state index in [9.17, 15) is 4.79 Å². The minimum atomic E-state index is -0.0466. The Balaban J connectivity index is 1.30. The highest BCUT2D eigenvalue weighted by molar-refractivity contribution is 5.46. The fourth-order valence-corrected chi connectivity index (χ4v) is 5.21. The first-order valence-electron chi connectivity index (χ1n) is 11.3. The van der Waals surface area contributed by atoms with Gasteiger partial charge < -0.3 is 14.5 Å². The SMILES string of the molecule is O=c1ccc([C@@H]2CN3CCC[C@H]3c3cc(OCCCN4CCOCC4)ccc32)c[nH]1. The Bertz CT molecular complexity index is 902. The van der Waals surface area contributed by atoms with Crippen LogP contribution >= 0.6 is 0 Å². The molecule has 0 bridgehead atoms. The molecule has 1 N–H and O–H groups in total. The lowest BCUT2D eigenvalue weighted by Crippen LogP contribution is -2.37. The molecule has 0 spiro atoms. The Kier molecular flexibility index (Phi) is 5.88. The summed E-state index contributed by atoms with van der Waals surface area (Å²) in [6, 6.07) is 10.7. The smallest absolute Gasteiger partial charge is 0.247 e. The molecular formula is C24H31N3O3. The van der Waals surface area contributed by atoms with Crippen LogP contribution in [0.5, 0.6) is 5.75 Å². The molecule has 6 nitrogen and oxygen atoms in total. The van der Waals surface area contributed by atoms with E-state index in [0.29, 0.717) is 12.0 Å². The van der Waals surface area contributed by atoms with Crippen molar-refractivity contribution in [3.8, 4) is 5.75 Å². The molecule has 4 heterocycles. The van der Waals surface area contributed by atoms with E-state index in [-0.39, 0.29) is 5.56 Å². The molecule has 3 aliphatic rings. The molecule has 0 saturated carbocycles. The second kappa shape index (κ2) is 8.92. The van der Waals surface area contributed by atoms with Gasteiger partial charge in [0, 0.05) is 50.4 Å². The summed E-state index contributed by atoms with van der Waals surface area (Å²) in [5.74, 6) is 1.27. The quantitative estimate of drug-likeness (QED) is 0.744. The molecule has 30 heavy (non-hydrogen) atoms. The summed E-state index contributed by atoms with van der Waals surface area (Å²) in [6.07, 6.45) is 5.37. The van der Waals surface area contributed by atoms with Gasteiger partial charge in [-0.15, -0.1) is 0 Å². The number of aromatic nitrogens is 1. The maximum absolute atomic E-state index is 11.5. The Morgan fingerprint density at radius 3 is 2.83 bits per heavy atom. The van der Waals surface area contributed by atoms with Crippen LogP contribution in [0.15, 0.2) is 41.3 Å². The molecule has 3 aliphatic heterocycles. The van der Waals surface area contributed by atoms with Gasteiger partial charge >= 0.3 is 0 Å². The molecule has 0 amide bonds. The number of aromatic amines is 1. The molecule has 0 unspecified atom stereocenters. The van der Waals surface area contributed by atoms with Crippen molar-refractivity contribution in [1.29, 1.82) is 0 Å². The number of nitrogens with one attached hydrogen (secondary N) is 1. The topological polar surface area (TPSA) is 57.8 Å². The van der Waals surface area contributed by atoms with Crippen LogP contribution in [0.4, 0.5) is 0 Å². The zero-order chi connectivity index (χ0) is 20.3. The van der Waals surface area contributed by atoms with Gasteiger partial charge in [-0.2, -0.15) is 0 Å². The number of morpholine rings is 1. The maximum Gasteiger partial charge on any atom is 0.247 e. The normalized spacial score (nSPS) is 24.4. The van der Waals surface area contributed by atoms with E-state index in [0.717, 1.165) is 64.7 Å². The molecule has 0 radical (unpaired) electrons. The van der Waals surface area contributed by atoms with E-state index in [1.54, 1.807) is 6.07 Å². The van der Waals surface area contributed by atoms with Gasteiger partial charge in [0.25, 0.3) is 0 Å². The maximum atomic E-state index is 11.5. The summed E-state index contributed by atoms with van der Waals surface area (Å²) in [4.78, 5) is 19.4. The lowest BCUT2D eigenvalue weighted by atomic mass is 9.82. The third kappa shape index (κ3) is 4.17. The first-order valence-corrected chi connectivity index (χ1v) is 11.3. The summed E-state index contributed by atoms with van der Waals surface area (Å²) >= 11 is 0. The molecule has 2 atom stereocenters. The van der Waals surface area contributed by atoms with Crippen LogP contribution < -0.4 is 10.3 Å². The van der Waals surface area contributed by atoms with Gasteiger partial charge in [0.2, 0.25) is 5.56 Å². The molecule has 0 aliphatic carbocycles. The first kappa shape index (κ1) is 19.8. The van der Waals surface area contributed by atoms with Crippen LogP contribution in [-0.2, 0) is 4.74 Å². The number of H-pyrrole nitrogens is 1. The number of benzene rings is 1. The molecule has 1 aromatic carbocycles. The largest absolute Gasteiger partial charge is 0.494 e. The second-order valence-electron chi connectivity index (χ2n) is 8.64. The van der Waals surface area contributed by atoms with Crippen LogP contribution in [0, 0.1) is 0 Å². The van der Waals surface area contributed by atoms with Crippen molar-refractivity contribution in [2.75, 3.05) is 52.5 Å². The second-order valence-corrected chi connectivity index (χ2v) is 8.64. The third-order valence-electron chi connectivity index (χ3n) is 6.78. The van der Waals surface area contributed by atoms with Crippen molar-refractivity contribution in [2.45, 2.75) is 31.2 Å². The van der Waals surface area contributed by atoms with Crippen molar-refractivity contribution in [3.63, 3.8) is 0 Å². The fraction of sp³-hybridized carbons (Fsp3) is 0.542. The number of ether oxygens (including phenoxy) is 2. The first-order chi connectivity index (χ1) is 14.8. The monoisotopic (exact) mass is 409 g/mol. The number of fused-ring (bicyclic) bond motifs is 3. The summed E-state index contributed by atoms with van der Waals surface area (Å²) < 4.78 is 11.6. The summed E-state index contributed by atoms with van der Waals surface area (Å²) in [5.41, 5.74) is 3.92.